The Morgan fingerprint density at radius 1 is 1.20 bits per heavy atom. The predicted octanol–water partition coefficient (Wildman–Crippen LogP) is 3.38. The Morgan fingerprint density at radius 2 is 1.96 bits per heavy atom. The number of benzene rings is 1. The number of imidazole rings is 1. The lowest BCUT2D eigenvalue weighted by molar-refractivity contribution is -0.121. The van der Waals surface area contributed by atoms with Crippen molar-refractivity contribution in [2.75, 3.05) is 6.54 Å². The number of hydrogen-bond donors (Lipinski definition) is 2. The molecule has 0 fully saturated rings. The monoisotopic (exact) mass is 390 g/mol. The zero-order valence-corrected chi connectivity index (χ0v) is 15.6. The highest BCUT2D eigenvalue weighted by Gasteiger charge is 2.06. The lowest BCUT2D eigenvalue weighted by Crippen LogP contribution is -2.22. The Hall–Kier alpha value is -1.63. The highest BCUT2D eigenvalue weighted by atomic mass is 35.5. The van der Waals surface area contributed by atoms with Gasteiger partial charge in [-0.2, -0.15) is 0 Å². The number of nitrogens with one attached hydrogen (secondary N) is 1. The van der Waals surface area contributed by atoms with Crippen LogP contribution < -0.4 is 11.1 Å². The summed E-state index contributed by atoms with van der Waals surface area (Å²) in [5.41, 5.74) is 6.60. The number of nitrogens with zero attached hydrogens (tertiary/aromatic N) is 2. The summed E-state index contributed by atoms with van der Waals surface area (Å²) < 4.78 is 15.7. The van der Waals surface area contributed by atoms with Gasteiger partial charge in [0.2, 0.25) is 5.91 Å². The molecule has 5 nitrogen and oxygen atoms in total. The molecule has 0 spiro atoms. The average Bonchev–Trinajstić information content (AvgIpc) is 3.07. The highest BCUT2D eigenvalue weighted by Crippen LogP contribution is 2.15. The first-order valence-corrected chi connectivity index (χ1v) is 7.94. The van der Waals surface area contributed by atoms with Gasteiger partial charge in [0.25, 0.3) is 0 Å². The Bertz CT molecular complexity index is 623. The number of unbranched alkanes of at least 4 members (excludes halogenated alkanes) is 3. The number of halogens is 3. The molecule has 0 unspecified atom stereocenters. The van der Waals surface area contributed by atoms with Gasteiger partial charge in [-0.1, -0.05) is 18.9 Å². The van der Waals surface area contributed by atoms with Crippen LogP contribution in [0, 0.1) is 5.82 Å². The molecule has 0 saturated heterocycles. The van der Waals surface area contributed by atoms with Crippen molar-refractivity contribution in [2.45, 2.75) is 38.6 Å². The van der Waals surface area contributed by atoms with Crippen molar-refractivity contribution in [3.63, 3.8) is 0 Å². The summed E-state index contributed by atoms with van der Waals surface area (Å²) in [5, 5.41) is 2.82. The molecule has 25 heavy (non-hydrogen) atoms. The first kappa shape index (κ1) is 23.4. The fourth-order valence-electron chi connectivity index (χ4n) is 2.34. The van der Waals surface area contributed by atoms with Crippen LogP contribution in [-0.4, -0.2) is 22.0 Å². The zero-order valence-electron chi connectivity index (χ0n) is 14.0. The maximum absolute atomic E-state index is 14.1. The van der Waals surface area contributed by atoms with Crippen LogP contribution in [0.4, 0.5) is 4.39 Å². The molecule has 2 aromatic rings. The number of nitrogens with two attached hydrogens (primary N) is 1. The van der Waals surface area contributed by atoms with Crippen molar-refractivity contribution in [3.8, 4) is 5.69 Å². The number of carbonyl (C=O) groups excluding carboxylic acids is 1. The minimum atomic E-state index is -0.337. The molecule has 8 heteroatoms. The molecule has 0 atom stereocenters. The van der Waals surface area contributed by atoms with Crippen LogP contribution in [0.2, 0.25) is 0 Å². The summed E-state index contributed by atoms with van der Waals surface area (Å²) in [6.07, 6.45) is 9.27. The molecule has 0 saturated carbocycles. The molecule has 0 radical (unpaired) electrons. The second-order valence-electron chi connectivity index (χ2n) is 5.49. The van der Waals surface area contributed by atoms with E-state index in [1.54, 1.807) is 35.4 Å². The Morgan fingerprint density at radius 3 is 2.60 bits per heavy atom. The second-order valence-corrected chi connectivity index (χ2v) is 5.49. The Labute approximate surface area is 160 Å². The molecular weight excluding hydrogens is 366 g/mol. The number of hydrogen-bond acceptors (Lipinski definition) is 3. The normalized spacial score (nSPS) is 9.84. The standard InChI is InChI=1S/C17H23FN4O.2ClH/c18-15-11-14(6-7-16(15)22-10-9-20-13-22)12-21-17(23)5-3-1-2-4-8-19;;/h6-7,9-11,13H,1-5,8,12,19H2,(H,21,23);2*1H. The fraction of sp³-hybridized carbons (Fsp3) is 0.412. The first-order valence-electron chi connectivity index (χ1n) is 7.94. The van der Waals surface area contributed by atoms with Crippen LogP contribution in [0.5, 0.6) is 0 Å². The number of aromatic nitrogens is 2. The third-order valence-electron chi connectivity index (χ3n) is 3.64. The predicted molar refractivity (Wildman–Crippen MR) is 102 cm³/mol. The van der Waals surface area contributed by atoms with E-state index in [9.17, 15) is 9.18 Å². The summed E-state index contributed by atoms with van der Waals surface area (Å²) >= 11 is 0. The van der Waals surface area contributed by atoms with E-state index in [2.05, 4.69) is 10.3 Å². The van der Waals surface area contributed by atoms with Gasteiger partial charge < -0.3 is 15.6 Å². The maximum atomic E-state index is 14.1. The molecule has 1 aromatic heterocycles. The molecular formula is C17H25Cl2FN4O. The van der Waals surface area contributed by atoms with Crippen molar-refractivity contribution in [1.29, 1.82) is 0 Å². The summed E-state index contributed by atoms with van der Waals surface area (Å²) in [5.74, 6) is -0.339. The van der Waals surface area contributed by atoms with E-state index in [0.717, 1.165) is 31.2 Å². The third kappa shape index (κ3) is 7.86. The Balaban J connectivity index is 0.00000288. The number of carbonyl (C=O) groups is 1. The fourth-order valence-corrected chi connectivity index (χ4v) is 2.34. The maximum Gasteiger partial charge on any atom is 0.220 e. The minimum absolute atomic E-state index is 0. The minimum Gasteiger partial charge on any atom is -0.352 e. The van der Waals surface area contributed by atoms with Gasteiger partial charge in [0.15, 0.2) is 0 Å². The highest BCUT2D eigenvalue weighted by molar-refractivity contribution is 5.85. The van der Waals surface area contributed by atoms with Crippen LogP contribution >= 0.6 is 24.8 Å². The summed E-state index contributed by atoms with van der Waals surface area (Å²) in [6.45, 7) is 1.04. The summed E-state index contributed by atoms with van der Waals surface area (Å²) in [6, 6.07) is 4.93. The molecule has 1 aromatic carbocycles. The van der Waals surface area contributed by atoms with E-state index in [1.807, 2.05) is 0 Å². The molecule has 1 heterocycles. The lowest BCUT2D eigenvalue weighted by atomic mass is 10.1. The zero-order chi connectivity index (χ0) is 16.5. The Kier molecular flexibility index (Phi) is 11.9. The first-order chi connectivity index (χ1) is 11.2. The quantitative estimate of drug-likeness (QED) is 0.644. The van der Waals surface area contributed by atoms with E-state index < -0.39 is 0 Å². The third-order valence-corrected chi connectivity index (χ3v) is 3.64. The van der Waals surface area contributed by atoms with Crippen molar-refractivity contribution in [3.05, 3.63) is 48.3 Å². The SMILES string of the molecule is Cl.Cl.NCCCCCCC(=O)NCc1ccc(-n2ccnc2)c(F)c1. The van der Waals surface area contributed by atoms with E-state index in [4.69, 9.17) is 5.73 Å². The molecule has 0 aliphatic carbocycles. The summed E-state index contributed by atoms with van der Waals surface area (Å²) in [4.78, 5) is 15.6. The molecule has 0 aliphatic heterocycles. The van der Waals surface area contributed by atoms with Crippen LogP contribution in [0.15, 0.2) is 36.9 Å². The molecule has 0 bridgehead atoms. The number of amides is 1. The van der Waals surface area contributed by atoms with Crippen molar-refractivity contribution in [2.24, 2.45) is 5.73 Å². The second kappa shape index (κ2) is 12.7. The molecule has 2 rings (SSSR count). The molecule has 1 amide bonds. The van der Waals surface area contributed by atoms with Crippen LogP contribution in [0.3, 0.4) is 0 Å². The van der Waals surface area contributed by atoms with E-state index in [-0.39, 0.29) is 36.5 Å². The van der Waals surface area contributed by atoms with Gasteiger partial charge in [-0.3, -0.25) is 4.79 Å². The molecule has 0 aliphatic rings. The van der Waals surface area contributed by atoms with Crippen LogP contribution in [-0.2, 0) is 11.3 Å². The van der Waals surface area contributed by atoms with Gasteiger partial charge >= 0.3 is 0 Å². The van der Waals surface area contributed by atoms with Gasteiger partial charge in [0.1, 0.15) is 5.82 Å². The van der Waals surface area contributed by atoms with Gasteiger partial charge in [-0.05, 0) is 37.1 Å². The van der Waals surface area contributed by atoms with Crippen molar-refractivity contribution in [1.82, 2.24) is 14.9 Å². The smallest absolute Gasteiger partial charge is 0.220 e. The summed E-state index contributed by atoms with van der Waals surface area (Å²) in [7, 11) is 0. The van der Waals surface area contributed by atoms with Gasteiger partial charge in [-0.25, -0.2) is 9.37 Å². The van der Waals surface area contributed by atoms with E-state index in [1.165, 1.54) is 6.07 Å². The topological polar surface area (TPSA) is 72.9 Å². The largest absolute Gasteiger partial charge is 0.352 e. The van der Waals surface area contributed by atoms with Crippen LogP contribution in [0.1, 0.15) is 37.7 Å². The molecule has 3 N–H and O–H groups in total. The van der Waals surface area contributed by atoms with Crippen LogP contribution in [0.25, 0.3) is 5.69 Å². The van der Waals surface area contributed by atoms with Gasteiger partial charge in [0.05, 0.1) is 12.0 Å². The van der Waals surface area contributed by atoms with E-state index >= 15 is 0 Å². The van der Waals surface area contributed by atoms with Crippen molar-refractivity contribution < 1.29 is 9.18 Å². The van der Waals surface area contributed by atoms with E-state index in [0.29, 0.717) is 25.2 Å². The van der Waals surface area contributed by atoms with Gasteiger partial charge in [0, 0.05) is 25.4 Å². The number of rotatable bonds is 9. The lowest BCUT2D eigenvalue weighted by Gasteiger charge is -2.08. The van der Waals surface area contributed by atoms with Crippen molar-refractivity contribution >= 4 is 30.7 Å². The molecule has 140 valence electrons. The average molecular weight is 391 g/mol. The van der Waals surface area contributed by atoms with Gasteiger partial charge in [-0.15, -0.1) is 24.8 Å².